The maximum absolute atomic E-state index is 12.5. The van der Waals surface area contributed by atoms with E-state index in [9.17, 15) is 10.1 Å². The van der Waals surface area contributed by atoms with Gasteiger partial charge in [0.1, 0.15) is 16.9 Å². The van der Waals surface area contributed by atoms with Crippen LogP contribution in [0, 0.1) is 11.3 Å². The summed E-state index contributed by atoms with van der Waals surface area (Å²) in [6.45, 7) is 2.92. The van der Waals surface area contributed by atoms with Gasteiger partial charge in [0.25, 0.3) is 0 Å². The van der Waals surface area contributed by atoms with Crippen LogP contribution in [0.3, 0.4) is 0 Å². The van der Waals surface area contributed by atoms with Crippen molar-refractivity contribution in [1.82, 2.24) is 14.8 Å². The van der Waals surface area contributed by atoms with Crippen LogP contribution in [0.2, 0.25) is 0 Å². The number of carbonyl (C=O) groups is 1. The number of anilines is 1. The number of thioether (sulfide) groups is 1. The highest BCUT2D eigenvalue weighted by Crippen LogP contribution is 2.38. The van der Waals surface area contributed by atoms with Gasteiger partial charge >= 0.3 is 0 Å². The van der Waals surface area contributed by atoms with Gasteiger partial charge in [0.05, 0.1) is 11.3 Å². The number of aryl methyl sites for hydroxylation is 1. The molecule has 0 bridgehead atoms. The number of thiophene rings is 1. The summed E-state index contributed by atoms with van der Waals surface area (Å²) in [4.78, 5) is 13.8. The second-order valence-corrected chi connectivity index (χ2v) is 9.48. The molecule has 1 N–H and O–H groups in total. The number of aromatic nitrogens is 3. The molecule has 2 aromatic rings. The second kappa shape index (κ2) is 8.66. The first-order valence-electron chi connectivity index (χ1n) is 10.1. The third-order valence-electron chi connectivity index (χ3n) is 5.65. The van der Waals surface area contributed by atoms with E-state index in [0.29, 0.717) is 16.5 Å². The molecule has 2 heterocycles. The number of amides is 1. The Labute approximate surface area is 173 Å². The van der Waals surface area contributed by atoms with E-state index in [1.807, 2.05) is 0 Å². The predicted octanol–water partition coefficient (Wildman–Crippen LogP) is 4.50. The summed E-state index contributed by atoms with van der Waals surface area (Å²) in [5, 5.41) is 22.8. The number of fused-ring (bicyclic) bond motifs is 1. The van der Waals surface area contributed by atoms with E-state index in [1.165, 1.54) is 42.3 Å². The van der Waals surface area contributed by atoms with Crippen LogP contribution < -0.4 is 5.32 Å². The number of nitrogens with one attached hydrogen (secondary N) is 1. The maximum Gasteiger partial charge on any atom is 0.235 e. The van der Waals surface area contributed by atoms with Crippen molar-refractivity contribution in [2.24, 2.45) is 0 Å². The minimum Gasteiger partial charge on any atom is -0.316 e. The van der Waals surface area contributed by atoms with Gasteiger partial charge in [-0.05, 0) is 51.0 Å². The van der Waals surface area contributed by atoms with E-state index in [0.717, 1.165) is 48.8 Å². The van der Waals surface area contributed by atoms with Crippen LogP contribution in [0.1, 0.15) is 73.2 Å². The van der Waals surface area contributed by atoms with Gasteiger partial charge in [0, 0.05) is 17.3 Å². The summed E-state index contributed by atoms with van der Waals surface area (Å²) >= 11 is 2.99. The topological polar surface area (TPSA) is 83.6 Å². The lowest BCUT2D eigenvalue weighted by Gasteiger charge is -2.11. The fraction of sp³-hybridized carbons (Fsp3) is 0.600. The third kappa shape index (κ3) is 3.83. The minimum atomic E-state index is -0.0897. The summed E-state index contributed by atoms with van der Waals surface area (Å²) in [7, 11) is 0. The summed E-state index contributed by atoms with van der Waals surface area (Å²) in [6, 6.07) is 2.30. The summed E-state index contributed by atoms with van der Waals surface area (Å²) in [6.07, 6.45) is 9.14. The fourth-order valence-corrected chi connectivity index (χ4v) is 6.32. The smallest absolute Gasteiger partial charge is 0.235 e. The Bertz CT molecular complexity index is 905. The molecule has 0 atom stereocenters. The van der Waals surface area contributed by atoms with Gasteiger partial charge in [0.2, 0.25) is 5.91 Å². The number of rotatable bonds is 6. The molecule has 2 aliphatic rings. The van der Waals surface area contributed by atoms with Gasteiger partial charge in [-0.15, -0.1) is 21.5 Å². The first kappa shape index (κ1) is 19.5. The molecule has 0 unspecified atom stereocenters. The Morgan fingerprint density at radius 1 is 1.29 bits per heavy atom. The summed E-state index contributed by atoms with van der Waals surface area (Å²) in [5.74, 6) is 1.76. The highest BCUT2D eigenvalue weighted by atomic mass is 32.2. The molecule has 1 amide bonds. The van der Waals surface area contributed by atoms with E-state index >= 15 is 0 Å². The van der Waals surface area contributed by atoms with Gasteiger partial charge in [-0.1, -0.05) is 24.6 Å². The molecule has 1 fully saturated rings. The van der Waals surface area contributed by atoms with Crippen LogP contribution in [-0.2, 0) is 24.2 Å². The maximum atomic E-state index is 12.5. The van der Waals surface area contributed by atoms with Crippen molar-refractivity contribution < 1.29 is 4.79 Å². The first-order chi connectivity index (χ1) is 13.7. The average molecular weight is 416 g/mol. The van der Waals surface area contributed by atoms with E-state index in [1.54, 1.807) is 11.3 Å². The standard InChI is InChI=1S/C20H25N5OS2/c1-2-25-18(13-7-3-4-8-13)23-24-20(25)27-12-17(26)22-19-15(11-21)14-9-5-6-10-16(14)28-19/h13H,2-10,12H2,1H3,(H,22,26). The number of hydrogen-bond donors (Lipinski definition) is 1. The number of nitriles is 1. The molecule has 0 radical (unpaired) electrons. The monoisotopic (exact) mass is 415 g/mol. The quantitative estimate of drug-likeness (QED) is 0.702. The molecule has 1 saturated carbocycles. The zero-order valence-corrected chi connectivity index (χ0v) is 17.8. The van der Waals surface area contributed by atoms with Crippen LogP contribution in [0.5, 0.6) is 0 Å². The first-order valence-corrected chi connectivity index (χ1v) is 11.9. The molecule has 0 aromatic carbocycles. The molecule has 0 aliphatic heterocycles. The number of nitrogens with zero attached hydrogens (tertiary/aromatic N) is 4. The van der Waals surface area contributed by atoms with Crippen molar-refractivity contribution in [3.05, 3.63) is 21.8 Å². The van der Waals surface area contributed by atoms with Gasteiger partial charge < -0.3 is 9.88 Å². The molecule has 8 heteroatoms. The Morgan fingerprint density at radius 2 is 2.07 bits per heavy atom. The van der Waals surface area contributed by atoms with Crippen LogP contribution >= 0.6 is 23.1 Å². The van der Waals surface area contributed by atoms with Crippen LogP contribution in [0.4, 0.5) is 5.00 Å². The van der Waals surface area contributed by atoms with Crippen LogP contribution in [-0.4, -0.2) is 26.4 Å². The van der Waals surface area contributed by atoms with Gasteiger partial charge in [0.15, 0.2) is 5.16 Å². The van der Waals surface area contributed by atoms with Crippen molar-refractivity contribution in [1.29, 1.82) is 5.26 Å². The summed E-state index contributed by atoms with van der Waals surface area (Å²) < 4.78 is 2.15. The molecule has 28 heavy (non-hydrogen) atoms. The Morgan fingerprint density at radius 3 is 2.82 bits per heavy atom. The van der Waals surface area contributed by atoms with Crippen molar-refractivity contribution in [3.8, 4) is 6.07 Å². The van der Waals surface area contributed by atoms with Gasteiger partial charge in [-0.3, -0.25) is 4.79 Å². The van der Waals surface area contributed by atoms with E-state index in [2.05, 4.69) is 33.1 Å². The van der Waals surface area contributed by atoms with Crippen molar-refractivity contribution >= 4 is 34.0 Å². The minimum absolute atomic E-state index is 0.0897. The van der Waals surface area contributed by atoms with Crippen LogP contribution in [0.15, 0.2) is 5.16 Å². The fourth-order valence-electron chi connectivity index (χ4n) is 4.26. The van der Waals surface area contributed by atoms with Gasteiger partial charge in [-0.2, -0.15) is 5.26 Å². The van der Waals surface area contributed by atoms with Gasteiger partial charge in [-0.25, -0.2) is 0 Å². The molecule has 2 aliphatic carbocycles. The zero-order chi connectivity index (χ0) is 19.5. The van der Waals surface area contributed by atoms with E-state index in [4.69, 9.17) is 0 Å². The highest BCUT2D eigenvalue weighted by Gasteiger charge is 2.25. The van der Waals surface area contributed by atoms with Crippen LogP contribution in [0.25, 0.3) is 0 Å². The molecule has 0 saturated heterocycles. The van der Waals surface area contributed by atoms with Crippen molar-refractivity contribution in [2.45, 2.75) is 75.9 Å². The Hall–Kier alpha value is -1.85. The lowest BCUT2D eigenvalue weighted by atomic mass is 9.96. The zero-order valence-electron chi connectivity index (χ0n) is 16.2. The number of hydrogen-bond acceptors (Lipinski definition) is 6. The Kier molecular flexibility index (Phi) is 6.02. The normalized spacial score (nSPS) is 16.7. The molecule has 148 valence electrons. The summed E-state index contributed by atoms with van der Waals surface area (Å²) in [5.41, 5.74) is 1.81. The molecule has 0 spiro atoms. The molecular weight excluding hydrogens is 390 g/mol. The third-order valence-corrected chi connectivity index (χ3v) is 7.82. The second-order valence-electron chi connectivity index (χ2n) is 7.43. The predicted molar refractivity (Wildman–Crippen MR) is 112 cm³/mol. The lowest BCUT2D eigenvalue weighted by Crippen LogP contribution is -2.15. The van der Waals surface area contributed by atoms with Crippen molar-refractivity contribution in [3.63, 3.8) is 0 Å². The highest BCUT2D eigenvalue weighted by molar-refractivity contribution is 7.99. The number of carbonyl (C=O) groups excluding carboxylic acids is 1. The molecule has 6 nitrogen and oxygen atoms in total. The molecule has 4 rings (SSSR count). The van der Waals surface area contributed by atoms with E-state index in [-0.39, 0.29) is 11.7 Å². The average Bonchev–Trinajstić information content (AvgIpc) is 3.43. The molecule has 2 aromatic heterocycles. The van der Waals surface area contributed by atoms with E-state index < -0.39 is 0 Å². The lowest BCUT2D eigenvalue weighted by molar-refractivity contribution is -0.113. The SMILES string of the molecule is CCn1c(SCC(=O)Nc2sc3c(c2C#N)CCCC3)nnc1C1CCCC1. The molecular formula is C20H25N5OS2. The van der Waals surface area contributed by atoms with Crippen molar-refractivity contribution in [2.75, 3.05) is 11.1 Å². The largest absolute Gasteiger partial charge is 0.316 e. The Balaban J connectivity index is 1.42.